The number of hydrogen-bond acceptors (Lipinski definition) is 5. The Morgan fingerprint density at radius 2 is 1.62 bits per heavy atom. The van der Waals surface area contributed by atoms with Crippen molar-refractivity contribution in [3.8, 4) is 0 Å². The van der Waals surface area contributed by atoms with Crippen LogP contribution in [0.15, 0.2) is 76.2 Å². The van der Waals surface area contributed by atoms with Gasteiger partial charge in [-0.1, -0.05) is 41.4 Å². The fourth-order valence-corrected chi connectivity index (χ4v) is 4.76. The number of amides is 2. The van der Waals surface area contributed by atoms with Crippen LogP contribution in [0.25, 0.3) is 0 Å². The van der Waals surface area contributed by atoms with Gasteiger partial charge in [-0.15, -0.1) is 0 Å². The maximum atomic E-state index is 13.2. The van der Waals surface area contributed by atoms with Crippen LogP contribution in [0.4, 0.5) is 0 Å². The summed E-state index contributed by atoms with van der Waals surface area (Å²) in [6.45, 7) is 1.79. The van der Waals surface area contributed by atoms with Crippen LogP contribution in [-0.4, -0.2) is 33.3 Å². The quantitative estimate of drug-likeness (QED) is 0.487. The van der Waals surface area contributed by atoms with E-state index in [4.69, 9.17) is 16.0 Å². The van der Waals surface area contributed by atoms with Crippen molar-refractivity contribution in [3.05, 3.63) is 88.8 Å². The monoisotopic (exact) mass is 474 g/mol. The Kier molecular flexibility index (Phi) is 7.71. The first-order valence-corrected chi connectivity index (χ1v) is 11.8. The predicted molar refractivity (Wildman–Crippen MR) is 121 cm³/mol. The van der Waals surface area contributed by atoms with E-state index in [1.54, 1.807) is 30.3 Å². The number of benzene rings is 2. The fourth-order valence-electron chi connectivity index (χ4n) is 3.05. The molecular formula is C23H23ClN2O5S. The lowest BCUT2D eigenvalue weighted by atomic mass is 10.1. The highest BCUT2D eigenvalue weighted by molar-refractivity contribution is 7.91. The van der Waals surface area contributed by atoms with E-state index in [1.165, 1.54) is 24.5 Å². The maximum Gasteiger partial charge on any atom is 0.309 e. The van der Waals surface area contributed by atoms with Crippen molar-refractivity contribution in [1.29, 1.82) is 0 Å². The topological polar surface area (TPSA) is 105 Å². The Balaban J connectivity index is 1.61. The Bertz CT molecular complexity index is 1160. The molecule has 0 unspecified atom stereocenters. The second kappa shape index (κ2) is 10.5. The van der Waals surface area contributed by atoms with Crippen molar-refractivity contribution < 1.29 is 22.4 Å². The lowest BCUT2D eigenvalue weighted by molar-refractivity contribution is -0.139. The average Bonchev–Trinajstić information content (AvgIpc) is 3.29. The molecule has 0 spiro atoms. The first-order valence-electron chi connectivity index (χ1n) is 9.92. The zero-order chi connectivity index (χ0) is 23.1. The van der Waals surface area contributed by atoms with Crippen LogP contribution in [0.3, 0.4) is 0 Å². The molecular weight excluding hydrogens is 452 g/mol. The van der Waals surface area contributed by atoms with Gasteiger partial charge in [-0.05, 0) is 55.3 Å². The van der Waals surface area contributed by atoms with Gasteiger partial charge < -0.3 is 15.1 Å². The van der Waals surface area contributed by atoms with Gasteiger partial charge in [0.25, 0.3) is 0 Å². The number of aryl methyl sites for hydroxylation is 1. The number of furan rings is 1. The van der Waals surface area contributed by atoms with Gasteiger partial charge in [0.1, 0.15) is 11.0 Å². The standard InChI is InChI=1S/C23H23ClN2O5S/c1-16-4-10-19(11-5-16)32(29,30)21(20-3-2-14-31-20)15-26-23(28)22(27)25-13-12-17-6-8-18(24)9-7-17/h2-11,14,21H,12-13,15H2,1H3,(H,25,27)(H,26,28)/t21-/m0/s1. The maximum absolute atomic E-state index is 13.2. The Morgan fingerprint density at radius 3 is 2.25 bits per heavy atom. The zero-order valence-corrected chi connectivity index (χ0v) is 18.9. The minimum Gasteiger partial charge on any atom is -0.468 e. The Hall–Kier alpha value is -3.10. The van der Waals surface area contributed by atoms with Crippen LogP contribution < -0.4 is 10.6 Å². The number of rotatable bonds is 8. The van der Waals surface area contributed by atoms with Crippen LogP contribution >= 0.6 is 11.6 Å². The summed E-state index contributed by atoms with van der Waals surface area (Å²) >= 11 is 5.84. The predicted octanol–water partition coefficient (Wildman–Crippen LogP) is 3.23. The van der Waals surface area contributed by atoms with Gasteiger partial charge in [-0.3, -0.25) is 9.59 Å². The molecule has 2 N–H and O–H groups in total. The molecule has 3 rings (SSSR count). The molecule has 0 aliphatic heterocycles. The molecule has 9 heteroatoms. The molecule has 2 amide bonds. The summed E-state index contributed by atoms with van der Waals surface area (Å²) in [6, 6.07) is 16.6. The molecule has 168 valence electrons. The Morgan fingerprint density at radius 1 is 0.969 bits per heavy atom. The van der Waals surface area contributed by atoms with Crippen molar-refractivity contribution in [3.63, 3.8) is 0 Å². The number of carbonyl (C=O) groups excluding carboxylic acids is 2. The normalized spacial score (nSPS) is 12.2. The summed E-state index contributed by atoms with van der Waals surface area (Å²) in [4.78, 5) is 24.5. The van der Waals surface area contributed by atoms with Gasteiger partial charge in [-0.2, -0.15) is 0 Å². The SMILES string of the molecule is Cc1ccc(S(=O)(=O)[C@@H](CNC(=O)C(=O)NCCc2ccc(Cl)cc2)c2ccco2)cc1. The molecule has 3 aromatic rings. The second-order valence-corrected chi connectivity index (χ2v) is 9.77. The van der Waals surface area contributed by atoms with Crippen LogP contribution in [0.5, 0.6) is 0 Å². The lowest BCUT2D eigenvalue weighted by Crippen LogP contribution is -2.42. The van der Waals surface area contributed by atoms with Gasteiger partial charge in [0.2, 0.25) is 0 Å². The van der Waals surface area contributed by atoms with E-state index in [0.717, 1.165) is 11.1 Å². The van der Waals surface area contributed by atoms with E-state index >= 15 is 0 Å². The minimum absolute atomic E-state index is 0.103. The average molecular weight is 475 g/mol. The summed E-state index contributed by atoms with van der Waals surface area (Å²) < 4.78 is 31.6. The van der Waals surface area contributed by atoms with Crippen LogP contribution in [-0.2, 0) is 25.8 Å². The highest BCUT2D eigenvalue weighted by Gasteiger charge is 2.32. The first kappa shape index (κ1) is 23.6. The lowest BCUT2D eigenvalue weighted by Gasteiger charge is -2.17. The third kappa shape index (κ3) is 5.99. The number of halogens is 1. The molecule has 7 nitrogen and oxygen atoms in total. The van der Waals surface area contributed by atoms with Gasteiger partial charge in [0.15, 0.2) is 9.84 Å². The van der Waals surface area contributed by atoms with Crippen molar-refractivity contribution >= 4 is 33.3 Å². The van der Waals surface area contributed by atoms with Crippen molar-refractivity contribution in [2.45, 2.75) is 23.5 Å². The number of carbonyl (C=O) groups is 2. The summed E-state index contributed by atoms with van der Waals surface area (Å²) in [6.07, 6.45) is 1.88. The van der Waals surface area contributed by atoms with Crippen LogP contribution in [0.2, 0.25) is 5.02 Å². The van der Waals surface area contributed by atoms with E-state index in [-0.39, 0.29) is 23.7 Å². The molecule has 2 aromatic carbocycles. The van der Waals surface area contributed by atoms with E-state index < -0.39 is 26.9 Å². The first-order chi connectivity index (χ1) is 15.3. The van der Waals surface area contributed by atoms with Gasteiger partial charge in [-0.25, -0.2) is 8.42 Å². The number of sulfone groups is 1. The van der Waals surface area contributed by atoms with E-state index in [9.17, 15) is 18.0 Å². The second-order valence-electron chi connectivity index (χ2n) is 7.20. The fraction of sp³-hybridized carbons (Fsp3) is 0.217. The highest BCUT2D eigenvalue weighted by Crippen LogP contribution is 2.29. The molecule has 0 bridgehead atoms. The Labute approximate surface area is 191 Å². The highest BCUT2D eigenvalue weighted by atomic mass is 35.5. The smallest absolute Gasteiger partial charge is 0.309 e. The van der Waals surface area contributed by atoms with Crippen molar-refractivity contribution in [2.24, 2.45) is 0 Å². The van der Waals surface area contributed by atoms with E-state index in [1.807, 2.05) is 19.1 Å². The molecule has 1 aromatic heterocycles. The van der Waals surface area contributed by atoms with Gasteiger partial charge in [0.05, 0.1) is 11.2 Å². The molecule has 0 aliphatic carbocycles. The molecule has 1 atom stereocenters. The van der Waals surface area contributed by atoms with Crippen molar-refractivity contribution in [2.75, 3.05) is 13.1 Å². The van der Waals surface area contributed by atoms with E-state index in [2.05, 4.69) is 10.6 Å². The van der Waals surface area contributed by atoms with E-state index in [0.29, 0.717) is 11.4 Å². The molecule has 0 saturated heterocycles. The van der Waals surface area contributed by atoms with Gasteiger partial charge >= 0.3 is 11.8 Å². The molecule has 32 heavy (non-hydrogen) atoms. The zero-order valence-electron chi connectivity index (χ0n) is 17.4. The third-order valence-electron chi connectivity index (χ3n) is 4.85. The molecule has 1 heterocycles. The van der Waals surface area contributed by atoms with Crippen LogP contribution in [0, 0.1) is 6.92 Å². The number of nitrogens with one attached hydrogen (secondary N) is 2. The molecule has 0 saturated carbocycles. The largest absolute Gasteiger partial charge is 0.468 e. The molecule has 0 radical (unpaired) electrons. The van der Waals surface area contributed by atoms with Crippen molar-refractivity contribution in [1.82, 2.24) is 10.6 Å². The summed E-state index contributed by atoms with van der Waals surface area (Å²) in [5, 5.41) is 4.37. The minimum atomic E-state index is -3.87. The number of hydrogen-bond donors (Lipinski definition) is 2. The summed E-state index contributed by atoms with van der Waals surface area (Å²) in [5.74, 6) is -1.59. The summed E-state index contributed by atoms with van der Waals surface area (Å²) in [7, 11) is -3.87. The third-order valence-corrected chi connectivity index (χ3v) is 7.18. The summed E-state index contributed by atoms with van der Waals surface area (Å²) in [5.41, 5.74) is 1.87. The molecule has 0 fully saturated rings. The van der Waals surface area contributed by atoms with Crippen LogP contribution in [0.1, 0.15) is 22.1 Å². The van der Waals surface area contributed by atoms with Gasteiger partial charge in [0, 0.05) is 18.1 Å². The molecule has 0 aliphatic rings.